The van der Waals surface area contributed by atoms with E-state index in [1.54, 1.807) is 7.11 Å². The maximum Gasteiger partial charge on any atom is 0.323 e. The first-order valence-electron chi connectivity index (χ1n) is 4.97. The van der Waals surface area contributed by atoms with Gasteiger partial charge in [0, 0.05) is 26.7 Å². The summed E-state index contributed by atoms with van der Waals surface area (Å²) in [6.45, 7) is 2.21. The van der Waals surface area contributed by atoms with Crippen LogP contribution in [0.25, 0.3) is 0 Å². The fourth-order valence-electron chi connectivity index (χ4n) is 0.938. The van der Waals surface area contributed by atoms with Crippen LogP contribution in [-0.2, 0) is 9.53 Å². The lowest BCUT2D eigenvalue weighted by Crippen LogP contribution is -2.41. The highest BCUT2D eigenvalue weighted by atomic mass is 16.5. The van der Waals surface area contributed by atoms with Crippen LogP contribution in [0.2, 0.25) is 0 Å². The number of carbonyl (C=O) groups excluding carboxylic acids is 1. The van der Waals surface area contributed by atoms with Crippen molar-refractivity contribution in [2.24, 2.45) is 0 Å². The van der Waals surface area contributed by atoms with Gasteiger partial charge < -0.3 is 25.4 Å². The summed E-state index contributed by atoms with van der Waals surface area (Å²) in [7, 11) is 3.54. The van der Waals surface area contributed by atoms with E-state index in [-0.39, 0.29) is 6.54 Å². The Balaban J connectivity index is 3.42. The molecule has 0 atom stereocenters. The highest BCUT2D eigenvalue weighted by Crippen LogP contribution is 1.80. The quantitative estimate of drug-likeness (QED) is 0.497. The molecule has 0 aromatic heterocycles. The van der Waals surface area contributed by atoms with Crippen molar-refractivity contribution >= 4 is 12.0 Å². The molecule has 0 rings (SSSR count). The van der Waals surface area contributed by atoms with E-state index in [9.17, 15) is 9.59 Å². The number of amides is 2. The van der Waals surface area contributed by atoms with E-state index in [1.165, 1.54) is 0 Å². The van der Waals surface area contributed by atoms with E-state index in [0.717, 1.165) is 6.54 Å². The predicted octanol–water partition coefficient (Wildman–Crippen LogP) is -1.05. The average Bonchev–Trinajstić information content (AvgIpc) is 2.23. The summed E-state index contributed by atoms with van der Waals surface area (Å²) >= 11 is 0. The average molecular weight is 233 g/mol. The zero-order valence-electron chi connectivity index (χ0n) is 9.65. The molecule has 0 fully saturated rings. The number of urea groups is 1. The molecule has 94 valence electrons. The molecular formula is C9H19N3O4. The molecule has 0 aromatic carbocycles. The predicted molar refractivity (Wildman–Crippen MR) is 58.4 cm³/mol. The molecule has 7 heteroatoms. The summed E-state index contributed by atoms with van der Waals surface area (Å²) in [6.07, 6.45) is 0. The van der Waals surface area contributed by atoms with E-state index >= 15 is 0 Å². The van der Waals surface area contributed by atoms with Crippen molar-refractivity contribution in [3.8, 4) is 0 Å². The third-order valence-corrected chi connectivity index (χ3v) is 1.86. The molecule has 0 radical (unpaired) electrons. The zero-order valence-corrected chi connectivity index (χ0v) is 9.65. The van der Waals surface area contributed by atoms with E-state index in [1.807, 2.05) is 11.9 Å². The highest BCUT2D eigenvalue weighted by Gasteiger charge is 2.03. The number of carboxylic acids is 1. The van der Waals surface area contributed by atoms with Crippen LogP contribution >= 0.6 is 0 Å². The first kappa shape index (κ1) is 14.7. The topological polar surface area (TPSA) is 90.9 Å². The second kappa shape index (κ2) is 8.93. The minimum atomic E-state index is -1.06. The first-order chi connectivity index (χ1) is 7.56. The number of aliphatic carboxylic acids is 1. The molecule has 0 spiro atoms. The number of likely N-dealkylation sites (N-methyl/N-ethyl adjacent to an activating group) is 1. The van der Waals surface area contributed by atoms with Gasteiger partial charge in [0.25, 0.3) is 0 Å². The van der Waals surface area contributed by atoms with Gasteiger partial charge >= 0.3 is 12.0 Å². The second-order valence-corrected chi connectivity index (χ2v) is 3.30. The van der Waals surface area contributed by atoms with Crippen molar-refractivity contribution in [1.82, 2.24) is 15.5 Å². The number of carbonyl (C=O) groups is 2. The Labute approximate surface area is 94.7 Å². The highest BCUT2D eigenvalue weighted by molar-refractivity contribution is 5.79. The molecule has 7 nitrogen and oxygen atoms in total. The summed E-state index contributed by atoms with van der Waals surface area (Å²) in [5.74, 6) is -1.06. The largest absolute Gasteiger partial charge is 0.480 e. The monoisotopic (exact) mass is 233 g/mol. The number of hydrogen-bond acceptors (Lipinski definition) is 4. The summed E-state index contributed by atoms with van der Waals surface area (Å²) in [5.41, 5.74) is 0. The lowest BCUT2D eigenvalue weighted by molar-refractivity contribution is -0.135. The smallest absolute Gasteiger partial charge is 0.323 e. The van der Waals surface area contributed by atoms with Crippen molar-refractivity contribution in [3.05, 3.63) is 0 Å². The Morgan fingerprint density at radius 2 is 2.00 bits per heavy atom. The van der Waals surface area contributed by atoms with Gasteiger partial charge in [-0.15, -0.1) is 0 Å². The Morgan fingerprint density at radius 1 is 1.31 bits per heavy atom. The van der Waals surface area contributed by atoms with Gasteiger partial charge in [-0.1, -0.05) is 0 Å². The van der Waals surface area contributed by atoms with Crippen LogP contribution in [0.3, 0.4) is 0 Å². The number of carboxylic acid groups (broad SMARTS) is 1. The Hall–Kier alpha value is -1.34. The molecule has 0 unspecified atom stereocenters. The molecule has 0 aliphatic rings. The van der Waals surface area contributed by atoms with Gasteiger partial charge in [-0.05, 0) is 7.05 Å². The van der Waals surface area contributed by atoms with Crippen LogP contribution in [0.15, 0.2) is 0 Å². The summed E-state index contributed by atoms with van der Waals surface area (Å²) in [6, 6.07) is -0.470. The first-order valence-corrected chi connectivity index (χ1v) is 4.97. The van der Waals surface area contributed by atoms with Crippen LogP contribution < -0.4 is 10.6 Å². The third-order valence-electron chi connectivity index (χ3n) is 1.86. The number of nitrogens with zero attached hydrogens (tertiary/aromatic N) is 1. The van der Waals surface area contributed by atoms with Crippen LogP contribution in [-0.4, -0.2) is 69.0 Å². The Bertz CT molecular complexity index is 223. The van der Waals surface area contributed by atoms with Gasteiger partial charge in [0.05, 0.1) is 6.61 Å². The standard InChI is InChI=1S/C9H19N3O4/c1-12(5-6-16-2)4-3-10-9(15)11-7-8(13)14/h3-7H2,1-2H3,(H,13,14)(H2,10,11,15). The van der Waals surface area contributed by atoms with Gasteiger partial charge in [-0.25, -0.2) is 4.79 Å². The summed E-state index contributed by atoms with van der Waals surface area (Å²) in [5, 5.41) is 13.1. The lowest BCUT2D eigenvalue weighted by atomic mass is 10.5. The fourth-order valence-corrected chi connectivity index (χ4v) is 0.938. The van der Waals surface area contributed by atoms with Crippen LogP contribution in [0.4, 0.5) is 4.79 Å². The van der Waals surface area contributed by atoms with E-state index in [0.29, 0.717) is 19.7 Å². The number of ether oxygens (including phenoxy) is 1. The third kappa shape index (κ3) is 9.22. The normalized spacial score (nSPS) is 10.2. The summed E-state index contributed by atoms with van der Waals surface area (Å²) in [4.78, 5) is 23.2. The van der Waals surface area contributed by atoms with E-state index < -0.39 is 12.0 Å². The second-order valence-electron chi connectivity index (χ2n) is 3.30. The van der Waals surface area contributed by atoms with Gasteiger partial charge in [0.1, 0.15) is 6.54 Å². The van der Waals surface area contributed by atoms with E-state index in [2.05, 4.69) is 10.6 Å². The lowest BCUT2D eigenvalue weighted by Gasteiger charge is -2.16. The molecule has 0 heterocycles. The molecule has 0 aliphatic heterocycles. The van der Waals surface area contributed by atoms with Crippen molar-refractivity contribution in [3.63, 3.8) is 0 Å². The Morgan fingerprint density at radius 3 is 2.56 bits per heavy atom. The number of methoxy groups -OCH3 is 1. The molecule has 2 amide bonds. The zero-order chi connectivity index (χ0) is 12.4. The Kier molecular flexibility index (Phi) is 8.18. The SMILES string of the molecule is COCCN(C)CCNC(=O)NCC(=O)O. The van der Waals surface area contributed by atoms with Crippen LogP contribution in [0.5, 0.6) is 0 Å². The molecule has 0 saturated heterocycles. The van der Waals surface area contributed by atoms with Crippen molar-refractivity contribution in [1.29, 1.82) is 0 Å². The number of hydrogen-bond donors (Lipinski definition) is 3. The number of nitrogens with one attached hydrogen (secondary N) is 2. The molecule has 3 N–H and O–H groups in total. The van der Waals surface area contributed by atoms with E-state index in [4.69, 9.17) is 9.84 Å². The maximum absolute atomic E-state index is 11.0. The van der Waals surface area contributed by atoms with Gasteiger partial charge in [-0.3, -0.25) is 4.79 Å². The maximum atomic E-state index is 11.0. The minimum Gasteiger partial charge on any atom is -0.480 e. The fraction of sp³-hybridized carbons (Fsp3) is 0.778. The minimum absolute atomic E-state index is 0.370. The summed E-state index contributed by atoms with van der Waals surface area (Å²) < 4.78 is 4.90. The van der Waals surface area contributed by atoms with Crippen molar-refractivity contribution in [2.75, 3.05) is 46.9 Å². The van der Waals surface area contributed by atoms with Crippen LogP contribution in [0.1, 0.15) is 0 Å². The van der Waals surface area contributed by atoms with Crippen molar-refractivity contribution < 1.29 is 19.4 Å². The molecule has 0 saturated carbocycles. The van der Waals surface area contributed by atoms with Crippen molar-refractivity contribution in [2.45, 2.75) is 0 Å². The molecule has 0 aliphatic carbocycles. The van der Waals surface area contributed by atoms with Crippen LogP contribution in [0, 0.1) is 0 Å². The number of rotatable bonds is 8. The molecule has 0 bridgehead atoms. The van der Waals surface area contributed by atoms with Gasteiger partial charge in [-0.2, -0.15) is 0 Å². The van der Waals surface area contributed by atoms with Gasteiger partial charge in [0.15, 0.2) is 0 Å². The van der Waals surface area contributed by atoms with Gasteiger partial charge in [0.2, 0.25) is 0 Å². The molecule has 0 aromatic rings. The molecular weight excluding hydrogens is 214 g/mol. The molecule has 16 heavy (non-hydrogen) atoms.